The summed E-state index contributed by atoms with van der Waals surface area (Å²) in [5.74, 6) is 1.49. The quantitative estimate of drug-likeness (QED) is 0.427. The summed E-state index contributed by atoms with van der Waals surface area (Å²) in [5.41, 5.74) is 2.57. The van der Waals surface area contributed by atoms with Gasteiger partial charge in [-0.15, -0.1) is 11.3 Å². The Balaban J connectivity index is 1.88. The molecular formula is C21H17Cl2N3O3S. The maximum atomic E-state index is 9.60. The number of hydrogen-bond donors (Lipinski definition) is 1. The molecule has 0 aliphatic heterocycles. The molecule has 0 bridgehead atoms. The minimum atomic E-state index is 0.375. The lowest BCUT2D eigenvalue weighted by Gasteiger charge is -2.14. The summed E-state index contributed by atoms with van der Waals surface area (Å²) in [4.78, 5) is 4.55. The van der Waals surface area contributed by atoms with Gasteiger partial charge in [0.05, 0.1) is 37.1 Å². The van der Waals surface area contributed by atoms with Crippen LogP contribution < -0.4 is 19.5 Å². The predicted molar refractivity (Wildman–Crippen MR) is 121 cm³/mol. The smallest absolute Gasteiger partial charge is 0.203 e. The molecule has 0 radical (unpaired) electrons. The Hall–Kier alpha value is -2.92. The predicted octanol–water partition coefficient (Wildman–Crippen LogP) is 6.12. The van der Waals surface area contributed by atoms with Crippen molar-refractivity contribution >= 4 is 45.8 Å². The van der Waals surface area contributed by atoms with E-state index in [0.29, 0.717) is 49.3 Å². The van der Waals surface area contributed by atoms with E-state index in [4.69, 9.17) is 37.4 Å². The standard InChI is InChI=1S/C21H17Cl2N3O3S/c1-27-18-7-14(8-19(28-2)20(18)29-3)25-10-13(9-24)21-26-17(11-30-21)12-4-5-15(22)16(23)6-12/h4-8,10-11,25H,1-3H3/b13-10+. The van der Waals surface area contributed by atoms with E-state index in [2.05, 4.69) is 16.4 Å². The Kier molecular flexibility index (Phi) is 7.06. The van der Waals surface area contributed by atoms with Crippen LogP contribution in [0.2, 0.25) is 10.0 Å². The SMILES string of the molecule is COc1cc(N/C=C(\C#N)c2nc(-c3ccc(Cl)c(Cl)c3)cs2)cc(OC)c1OC. The number of nitriles is 1. The van der Waals surface area contributed by atoms with Crippen molar-refractivity contribution in [2.45, 2.75) is 0 Å². The molecule has 1 heterocycles. The lowest BCUT2D eigenvalue weighted by atomic mass is 10.2. The Labute approximate surface area is 188 Å². The molecule has 0 spiro atoms. The number of anilines is 1. The van der Waals surface area contributed by atoms with Crippen molar-refractivity contribution in [3.05, 3.63) is 57.0 Å². The molecule has 0 amide bonds. The minimum Gasteiger partial charge on any atom is -0.493 e. The molecule has 6 nitrogen and oxygen atoms in total. The van der Waals surface area contributed by atoms with E-state index in [1.807, 2.05) is 11.4 Å². The second kappa shape index (κ2) is 9.72. The summed E-state index contributed by atoms with van der Waals surface area (Å²) in [6.07, 6.45) is 1.58. The van der Waals surface area contributed by atoms with E-state index in [1.54, 1.807) is 30.5 Å². The van der Waals surface area contributed by atoms with Crippen LogP contribution in [0.5, 0.6) is 17.2 Å². The Bertz CT molecular complexity index is 1110. The molecule has 1 aromatic heterocycles. The largest absolute Gasteiger partial charge is 0.493 e. The van der Waals surface area contributed by atoms with Gasteiger partial charge in [-0.25, -0.2) is 4.98 Å². The van der Waals surface area contributed by atoms with Crippen LogP contribution in [-0.4, -0.2) is 26.3 Å². The zero-order chi connectivity index (χ0) is 21.7. The third-order valence-corrected chi connectivity index (χ3v) is 5.73. The van der Waals surface area contributed by atoms with E-state index >= 15 is 0 Å². The number of benzene rings is 2. The molecule has 0 atom stereocenters. The maximum absolute atomic E-state index is 9.60. The molecule has 0 aliphatic rings. The first kappa shape index (κ1) is 21.8. The van der Waals surface area contributed by atoms with Gasteiger partial charge in [-0.2, -0.15) is 5.26 Å². The van der Waals surface area contributed by atoms with Gasteiger partial charge >= 0.3 is 0 Å². The molecule has 0 saturated carbocycles. The molecule has 2 aromatic carbocycles. The van der Waals surface area contributed by atoms with Gasteiger partial charge in [-0.05, 0) is 12.1 Å². The molecule has 0 unspecified atom stereocenters. The van der Waals surface area contributed by atoms with Crippen LogP contribution in [0.1, 0.15) is 5.01 Å². The summed E-state index contributed by atoms with van der Waals surface area (Å²) in [6, 6.07) is 10.9. The van der Waals surface area contributed by atoms with Crippen LogP contribution in [0, 0.1) is 11.3 Å². The topological polar surface area (TPSA) is 76.4 Å². The number of aromatic nitrogens is 1. The monoisotopic (exact) mass is 461 g/mol. The van der Waals surface area contributed by atoms with Gasteiger partial charge in [0.25, 0.3) is 0 Å². The average Bonchev–Trinajstić information content (AvgIpc) is 3.25. The van der Waals surface area contributed by atoms with Gasteiger partial charge in [0.15, 0.2) is 11.5 Å². The molecule has 1 N–H and O–H groups in total. The molecule has 0 fully saturated rings. The highest BCUT2D eigenvalue weighted by Crippen LogP contribution is 2.40. The first-order valence-corrected chi connectivity index (χ1v) is 10.2. The number of nitrogens with zero attached hydrogens (tertiary/aromatic N) is 2. The van der Waals surface area contributed by atoms with Gasteiger partial charge in [0.1, 0.15) is 16.6 Å². The number of nitrogens with one attached hydrogen (secondary N) is 1. The molecule has 30 heavy (non-hydrogen) atoms. The zero-order valence-electron chi connectivity index (χ0n) is 16.3. The fourth-order valence-electron chi connectivity index (χ4n) is 2.65. The highest BCUT2D eigenvalue weighted by molar-refractivity contribution is 7.11. The van der Waals surface area contributed by atoms with Crippen LogP contribution in [0.3, 0.4) is 0 Å². The number of rotatable bonds is 7. The highest BCUT2D eigenvalue weighted by Gasteiger charge is 2.14. The van der Waals surface area contributed by atoms with Crippen LogP contribution in [0.25, 0.3) is 16.8 Å². The molecule has 154 valence electrons. The molecule has 0 saturated heterocycles. The van der Waals surface area contributed by atoms with Crippen LogP contribution in [0.15, 0.2) is 41.9 Å². The summed E-state index contributed by atoms with van der Waals surface area (Å²) in [5, 5.41) is 16.0. The molecule has 3 aromatic rings. The second-order valence-electron chi connectivity index (χ2n) is 5.89. The van der Waals surface area contributed by atoms with Gasteiger partial charge in [-0.1, -0.05) is 29.3 Å². The lowest BCUT2D eigenvalue weighted by molar-refractivity contribution is 0.324. The Morgan fingerprint density at radius 2 is 1.77 bits per heavy atom. The Morgan fingerprint density at radius 3 is 2.33 bits per heavy atom. The van der Waals surface area contributed by atoms with Gasteiger partial charge in [0.2, 0.25) is 5.75 Å². The van der Waals surface area contributed by atoms with Gasteiger partial charge in [0, 0.05) is 35.0 Å². The minimum absolute atomic E-state index is 0.375. The van der Waals surface area contributed by atoms with Crippen LogP contribution >= 0.6 is 34.5 Å². The molecule has 3 rings (SSSR count). The summed E-state index contributed by atoms with van der Waals surface area (Å²) < 4.78 is 16.0. The van der Waals surface area contributed by atoms with E-state index in [9.17, 15) is 5.26 Å². The molecule has 9 heteroatoms. The van der Waals surface area contributed by atoms with Crippen LogP contribution in [-0.2, 0) is 0 Å². The van der Waals surface area contributed by atoms with E-state index in [1.165, 1.54) is 32.7 Å². The maximum Gasteiger partial charge on any atom is 0.203 e. The van der Waals surface area contributed by atoms with Crippen molar-refractivity contribution in [3.63, 3.8) is 0 Å². The third-order valence-electron chi connectivity index (χ3n) is 4.12. The van der Waals surface area contributed by atoms with Crippen molar-refractivity contribution in [3.8, 4) is 34.6 Å². The Morgan fingerprint density at radius 1 is 1.07 bits per heavy atom. The average molecular weight is 462 g/mol. The van der Waals surface area contributed by atoms with Crippen LogP contribution in [0.4, 0.5) is 5.69 Å². The van der Waals surface area contributed by atoms with Crippen molar-refractivity contribution in [2.75, 3.05) is 26.6 Å². The summed E-state index contributed by atoms with van der Waals surface area (Å²) >= 11 is 13.4. The van der Waals surface area contributed by atoms with Crippen molar-refractivity contribution in [1.82, 2.24) is 4.98 Å². The number of allylic oxidation sites excluding steroid dienone is 1. The lowest BCUT2D eigenvalue weighted by Crippen LogP contribution is -1.98. The number of methoxy groups -OCH3 is 3. The fraction of sp³-hybridized carbons (Fsp3) is 0.143. The van der Waals surface area contributed by atoms with Gasteiger partial charge in [-0.3, -0.25) is 0 Å². The number of halogens is 2. The van der Waals surface area contributed by atoms with Gasteiger partial charge < -0.3 is 19.5 Å². The first-order valence-electron chi connectivity index (χ1n) is 8.58. The first-order chi connectivity index (χ1) is 14.5. The van der Waals surface area contributed by atoms with Crippen molar-refractivity contribution in [1.29, 1.82) is 5.26 Å². The van der Waals surface area contributed by atoms with Crippen molar-refractivity contribution < 1.29 is 14.2 Å². The van der Waals surface area contributed by atoms with E-state index in [-0.39, 0.29) is 0 Å². The fourth-order valence-corrected chi connectivity index (χ4v) is 3.74. The van der Waals surface area contributed by atoms with E-state index < -0.39 is 0 Å². The number of thiazole rings is 1. The number of hydrogen-bond acceptors (Lipinski definition) is 7. The highest BCUT2D eigenvalue weighted by atomic mass is 35.5. The van der Waals surface area contributed by atoms with Crippen molar-refractivity contribution in [2.24, 2.45) is 0 Å². The molecular weight excluding hydrogens is 445 g/mol. The normalized spacial score (nSPS) is 11.0. The summed E-state index contributed by atoms with van der Waals surface area (Å²) in [6.45, 7) is 0. The summed E-state index contributed by atoms with van der Waals surface area (Å²) in [7, 11) is 4.62. The molecule has 0 aliphatic carbocycles. The zero-order valence-corrected chi connectivity index (χ0v) is 18.7. The second-order valence-corrected chi connectivity index (χ2v) is 7.57. The van der Waals surface area contributed by atoms with E-state index in [0.717, 1.165) is 5.56 Å². The number of ether oxygens (including phenoxy) is 3. The third kappa shape index (κ3) is 4.62.